The lowest BCUT2D eigenvalue weighted by atomic mass is 10.2. The fourth-order valence-electron chi connectivity index (χ4n) is 1.47. The van der Waals surface area contributed by atoms with Gasteiger partial charge in [-0.2, -0.15) is 0 Å². The lowest BCUT2D eigenvalue weighted by Crippen LogP contribution is -2.44. The number of methoxy groups -OCH3 is 1. The Hall–Kier alpha value is -1.14. The Kier molecular flexibility index (Phi) is 10.1. The van der Waals surface area contributed by atoms with Crippen molar-refractivity contribution in [3.05, 3.63) is 0 Å². The van der Waals surface area contributed by atoms with Crippen LogP contribution in [0.5, 0.6) is 0 Å². The minimum atomic E-state index is -0.267. The van der Waals surface area contributed by atoms with Crippen molar-refractivity contribution in [2.75, 3.05) is 40.5 Å². The summed E-state index contributed by atoms with van der Waals surface area (Å²) in [5, 5.41) is 2.83. The van der Waals surface area contributed by atoms with Crippen LogP contribution in [-0.4, -0.2) is 63.3 Å². The molecule has 0 aliphatic rings. The van der Waals surface area contributed by atoms with Gasteiger partial charge in [0.05, 0.1) is 19.1 Å². The number of rotatable bonds is 10. The second-order valence-corrected chi connectivity index (χ2v) is 4.35. The van der Waals surface area contributed by atoms with Crippen LogP contribution in [0.4, 0.5) is 0 Å². The van der Waals surface area contributed by atoms with Crippen molar-refractivity contribution in [3.63, 3.8) is 0 Å². The number of hydrogen-bond acceptors (Lipinski definition) is 5. The molecule has 0 radical (unpaired) electrons. The highest BCUT2D eigenvalue weighted by molar-refractivity contribution is 5.81. The molecule has 112 valence electrons. The molecule has 1 amide bonds. The van der Waals surface area contributed by atoms with Gasteiger partial charge in [-0.15, -0.1) is 0 Å². The third-order valence-electron chi connectivity index (χ3n) is 2.84. The van der Waals surface area contributed by atoms with Gasteiger partial charge < -0.3 is 14.8 Å². The van der Waals surface area contributed by atoms with Crippen molar-refractivity contribution in [1.82, 2.24) is 10.2 Å². The lowest BCUT2D eigenvalue weighted by molar-refractivity contribution is -0.144. The molecule has 1 N–H and O–H groups in total. The summed E-state index contributed by atoms with van der Waals surface area (Å²) in [6, 6.07) is -0.267. The highest BCUT2D eigenvalue weighted by Crippen LogP contribution is 1.98. The first kappa shape index (κ1) is 17.9. The topological polar surface area (TPSA) is 67.9 Å². The molecule has 0 aliphatic carbocycles. The first-order valence-corrected chi connectivity index (χ1v) is 6.65. The molecule has 0 saturated carbocycles. The Morgan fingerprint density at radius 2 is 2.05 bits per heavy atom. The van der Waals surface area contributed by atoms with E-state index >= 15 is 0 Å². The van der Waals surface area contributed by atoms with E-state index < -0.39 is 0 Å². The van der Waals surface area contributed by atoms with Crippen LogP contribution < -0.4 is 5.32 Å². The minimum absolute atomic E-state index is 0.0394. The van der Waals surface area contributed by atoms with Gasteiger partial charge in [0.15, 0.2) is 0 Å². The smallest absolute Gasteiger partial charge is 0.307 e. The Morgan fingerprint density at radius 3 is 2.63 bits per heavy atom. The average Bonchev–Trinajstić information content (AvgIpc) is 2.40. The summed E-state index contributed by atoms with van der Waals surface area (Å²) >= 11 is 0. The van der Waals surface area contributed by atoms with Gasteiger partial charge in [0, 0.05) is 26.8 Å². The molecule has 0 bridgehead atoms. The first-order valence-electron chi connectivity index (χ1n) is 6.65. The number of nitrogens with zero attached hydrogens (tertiary/aromatic N) is 1. The summed E-state index contributed by atoms with van der Waals surface area (Å²) in [6.07, 6.45) is 1.09. The number of ether oxygens (including phenoxy) is 2. The van der Waals surface area contributed by atoms with Crippen LogP contribution in [0, 0.1) is 0 Å². The maximum Gasteiger partial charge on any atom is 0.307 e. The van der Waals surface area contributed by atoms with Gasteiger partial charge in [-0.1, -0.05) is 0 Å². The zero-order valence-corrected chi connectivity index (χ0v) is 12.4. The van der Waals surface area contributed by atoms with Gasteiger partial charge in [-0.05, 0) is 27.3 Å². The van der Waals surface area contributed by atoms with Gasteiger partial charge in [0.25, 0.3) is 0 Å². The van der Waals surface area contributed by atoms with Crippen molar-refractivity contribution >= 4 is 11.9 Å². The quantitative estimate of drug-likeness (QED) is 0.462. The molecule has 0 aromatic carbocycles. The maximum atomic E-state index is 11.8. The van der Waals surface area contributed by atoms with Gasteiger partial charge in [0.1, 0.15) is 0 Å². The molecular formula is C13H26N2O4. The second-order valence-electron chi connectivity index (χ2n) is 4.35. The third-order valence-corrected chi connectivity index (χ3v) is 2.84. The van der Waals surface area contributed by atoms with Crippen molar-refractivity contribution in [2.24, 2.45) is 0 Å². The molecule has 0 fully saturated rings. The summed E-state index contributed by atoms with van der Waals surface area (Å²) in [5.41, 5.74) is 0. The summed E-state index contributed by atoms with van der Waals surface area (Å²) in [4.78, 5) is 24.9. The standard InChI is InChI=1S/C13H26N2O4/c1-5-19-12(16)7-9-15(3)11(2)13(17)14-8-6-10-18-4/h11H,5-10H2,1-4H3,(H,14,17). The number of hydrogen-bond donors (Lipinski definition) is 1. The molecule has 0 aromatic heterocycles. The molecule has 0 aliphatic heterocycles. The minimum Gasteiger partial charge on any atom is -0.466 e. The van der Waals surface area contributed by atoms with E-state index in [1.165, 1.54) is 0 Å². The van der Waals surface area contributed by atoms with E-state index in [9.17, 15) is 9.59 Å². The van der Waals surface area contributed by atoms with E-state index in [0.29, 0.717) is 32.7 Å². The van der Waals surface area contributed by atoms with E-state index in [1.807, 2.05) is 18.9 Å². The molecule has 0 saturated heterocycles. The molecule has 0 rings (SSSR count). The highest BCUT2D eigenvalue weighted by Gasteiger charge is 2.18. The number of amides is 1. The summed E-state index contributed by atoms with van der Waals surface area (Å²) < 4.78 is 9.75. The fraction of sp³-hybridized carbons (Fsp3) is 0.846. The van der Waals surface area contributed by atoms with Gasteiger partial charge in [-0.25, -0.2) is 0 Å². The van der Waals surface area contributed by atoms with Crippen molar-refractivity contribution in [3.8, 4) is 0 Å². The first-order chi connectivity index (χ1) is 9.02. The van der Waals surface area contributed by atoms with Gasteiger partial charge in [-0.3, -0.25) is 14.5 Å². The molecule has 1 unspecified atom stereocenters. The van der Waals surface area contributed by atoms with E-state index in [0.717, 1.165) is 6.42 Å². The van der Waals surface area contributed by atoms with Crippen LogP contribution in [0.1, 0.15) is 26.7 Å². The monoisotopic (exact) mass is 274 g/mol. The number of carbonyl (C=O) groups excluding carboxylic acids is 2. The van der Waals surface area contributed by atoms with Gasteiger partial charge in [0.2, 0.25) is 5.91 Å². The predicted octanol–water partition coefficient (Wildman–Crippen LogP) is 0.413. The Balaban J connectivity index is 3.86. The van der Waals surface area contributed by atoms with Crippen molar-refractivity contribution < 1.29 is 19.1 Å². The number of carbonyl (C=O) groups is 2. The zero-order valence-electron chi connectivity index (χ0n) is 12.4. The summed E-state index contributed by atoms with van der Waals surface area (Å²) in [6.45, 7) is 5.72. The molecule has 0 spiro atoms. The number of nitrogens with one attached hydrogen (secondary N) is 1. The zero-order chi connectivity index (χ0) is 14.7. The maximum absolute atomic E-state index is 11.8. The SMILES string of the molecule is CCOC(=O)CCN(C)C(C)C(=O)NCCCOC. The van der Waals surface area contributed by atoms with Gasteiger partial charge >= 0.3 is 5.97 Å². The van der Waals surface area contributed by atoms with Crippen LogP contribution in [0.25, 0.3) is 0 Å². The molecule has 19 heavy (non-hydrogen) atoms. The second kappa shape index (κ2) is 10.8. The fourth-order valence-corrected chi connectivity index (χ4v) is 1.47. The molecule has 0 aromatic rings. The van der Waals surface area contributed by atoms with E-state index in [2.05, 4.69) is 5.32 Å². The highest BCUT2D eigenvalue weighted by atomic mass is 16.5. The summed E-state index contributed by atoms with van der Waals surface area (Å²) in [5.74, 6) is -0.274. The van der Waals surface area contributed by atoms with Crippen LogP contribution in [0.2, 0.25) is 0 Å². The van der Waals surface area contributed by atoms with E-state index in [4.69, 9.17) is 9.47 Å². The van der Waals surface area contributed by atoms with Crippen LogP contribution in [-0.2, 0) is 19.1 Å². The van der Waals surface area contributed by atoms with Crippen LogP contribution >= 0.6 is 0 Å². The molecule has 1 atom stereocenters. The Labute approximate surface area is 115 Å². The normalized spacial score (nSPS) is 12.3. The average molecular weight is 274 g/mol. The van der Waals surface area contributed by atoms with Crippen molar-refractivity contribution in [1.29, 1.82) is 0 Å². The van der Waals surface area contributed by atoms with E-state index in [-0.39, 0.29) is 17.9 Å². The number of likely N-dealkylation sites (N-methyl/N-ethyl adjacent to an activating group) is 1. The molecular weight excluding hydrogens is 248 g/mol. The third kappa shape index (κ3) is 8.56. The lowest BCUT2D eigenvalue weighted by Gasteiger charge is -2.23. The van der Waals surface area contributed by atoms with Crippen LogP contribution in [0.3, 0.4) is 0 Å². The largest absolute Gasteiger partial charge is 0.466 e. The van der Waals surface area contributed by atoms with E-state index in [1.54, 1.807) is 14.0 Å². The van der Waals surface area contributed by atoms with Crippen molar-refractivity contribution in [2.45, 2.75) is 32.7 Å². The Morgan fingerprint density at radius 1 is 1.37 bits per heavy atom. The molecule has 0 heterocycles. The summed E-state index contributed by atoms with van der Waals surface area (Å²) in [7, 11) is 3.45. The molecule has 6 nitrogen and oxygen atoms in total. The Bertz CT molecular complexity index is 271. The number of esters is 1. The molecule has 6 heteroatoms. The van der Waals surface area contributed by atoms with Crippen LogP contribution in [0.15, 0.2) is 0 Å². The predicted molar refractivity (Wildman–Crippen MR) is 72.8 cm³/mol.